The molecule has 2 nitrogen and oxygen atoms in total. The highest BCUT2D eigenvalue weighted by Crippen LogP contribution is 2.31. The van der Waals surface area contributed by atoms with Gasteiger partial charge in [-0.3, -0.25) is 4.90 Å². The average molecular weight is 264 g/mol. The minimum atomic E-state index is 0.793. The van der Waals surface area contributed by atoms with Gasteiger partial charge in [0.25, 0.3) is 0 Å². The fraction of sp³-hybridized carbons (Fsp3) is 1.00. The highest BCUT2D eigenvalue weighted by atomic mass is 15.2. The Labute approximate surface area is 119 Å². The van der Waals surface area contributed by atoms with Crippen LogP contribution in [0.15, 0.2) is 0 Å². The number of likely N-dealkylation sites (tertiary alicyclic amines) is 1. The lowest BCUT2D eigenvalue weighted by molar-refractivity contribution is 0.305. The molecule has 19 heavy (non-hydrogen) atoms. The molecule has 1 heterocycles. The molecule has 2 aliphatic carbocycles. The predicted octanol–water partition coefficient (Wildman–Crippen LogP) is 3.42. The summed E-state index contributed by atoms with van der Waals surface area (Å²) in [6, 6.07) is 2.57. The second-order valence-corrected chi connectivity index (χ2v) is 7.59. The summed E-state index contributed by atoms with van der Waals surface area (Å²) in [6.45, 7) is 7.49. The molecule has 3 aliphatic rings. The van der Waals surface area contributed by atoms with E-state index in [4.69, 9.17) is 0 Å². The molecule has 0 aromatic heterocycles. The van der Waals surface area contributed by atoms with Crippen LogP contribution < -0.4 is 5.32 Å². The van der Waals surface area contributed by atoms with Gasteiger partial charge >= 0.3 is 0 Å². The van der Waals surface area contributed by atoms with Gasteiger partial charge in [-0.1, -0.05) is 26.7 Å². The van der Waals surface area contributed by atoms with Gasteiger partial charge in [-0.25, -0.2) is 0 Å². The Hall–Kier alpha value is -0.0800. The van der Waals surface area contributed by atoms with E-state index in [9.17, 15) is 0 Å². The third-order valence-corrected chi connectivity index (χ3v) is 5.71. The Morgan fingerprint density at radius 2 is 1.74 bits per heavy atom. The van der Waals surface area contributed by atoms with Gasteiger partial charge < -0.3 is 5.32 Å². The summed E-state index contributed by atoms with van der Waals surface area (Å²) in [6.07, 6.45) is 11.5. The smallest absolute Gasteiger partial charge is 0.0209 e. The molecule has 2 heteroatoms. The van der Waals surface area contributed by atoms with Gasteiger partial charge in [-0.2, -0.15) is 0 Å². The van der Waals surface area contributed by atoms with Crippen LogP contribution >= 0.6 is 0 Å². The summed E-state index contributed by atoms with van der Waals surface area (Å²) < 4.78 is 0. The number of nitrogens with zero attached hydrogens (tertiary/aromatic N) is 1. The molecule has 2 saturated carbocycles. The van der Waals surface area contributed by atoms with Crippen molar-refractivity contribution in [2.75, 3.05) is 13.1 Å². The van der Waals surface area contributed by atoms with E-state index in [-0.39, 0.29) is 0 Å². The van der Waals surface area contributed by atoms with Crippen molar-refractivity contribution >= 4 is 0 Å². The molecule has 3 rings (SSSR count). The van der Waals surface area contributed by atoms with Crippen LogP contribution in [0.3, 0.4) is 0 Å². The third-order valence-electron chi connectivity index (χ3n) is 5.71. The Kier molecular flexibility index (Phi) is 4.48. The minimum absolute atomic E-state index is 0.793. The van der Waals surface area contributed by atoms with Crippen LogP contribution in [0, 0.1) is 11.8 Å². The molecule has 0 bridgehead atoms. The standard InChI is InChI=1S/C17H32N2/c1-13(2)14-4-3-5-15(7-6-14)18-16-10-11-19(12-16)17-8-9-17/h13-18H,3-12H2,1-2H3. The maximum Gasteiger partial charge on any atom is 0.0209 e. The predicted molar refractivity (Wildman–Crippen MR) is 81.3 cm³/mol. The summed E-state index contributed by atoms with van der Waals surface area (Å²) in [7, 11) is 0. The van der Waals surface area contributed by atoms with Gasteiger partial charge in [0.1, 0.15) is 0 Å². The first-order valence-electron chi connectivity index (χ1n) is 8.72. The highest BCUT2D eigenvalue weighted by molar-refractivity contribution is 4.93. The lowest BCUT2D eigenvalue weighted by Gasteiger charge is -2.23. The summed E-state index contributed by atoms with van der Waals surface area (Å²) in [5.74, 6) is 1.87. The van der Waals surface area contributed by atoms with Crippen molar-refractivity contribution < 1.29 is 0 Å². The summed E-state index contributed by atoms with van der Waals surface area (Å²) in [4.78, 5) is 2.73. The van der Waals surface area contributed by atoms with Gasteiger partial charge in [0.2, 0.25) is 0 Å². The van der Waals surface area contributed by atoms with Crippen LogP contribution in [0.4, 0.5) is 0 Å². The molecule has 3 atom stereocenters. The van der Waals surface area contributed by atoms with Gasteiger partial charge in [-0.15, -0.1) is 0 Å². The molecule has 0 radical (unpaired) electrons. The van der Waals surface area contributed by atoms with Crippen LogP contribution in [0.5, 0.6) is 0 Å². The fourth-order valence-electron chi connectivity index (χ4n) is 4.19. The molecule has 3 unspecified atom stereocenters. The van der Waals surface area contributed by atoms with Crippen LogP contribution in [-0.2, 0) is 0 Å². The molecule has 0 spiro atoms. The zero-order valence-electron chi connectivity index (χ0n) is 12.9. The largest absolute Gasteiger partial charge is 0.310 e. The van der Waals surface area contributed by atoms with Crippen LogP contribution in [-0.4, -0.2) is 36.1 Å². The first kappa shape index (κ1) is 13.9. The molecule has 1 N–H and O–H groups in total. The molecule has 1 aliphatic heterocycles. The fourth-order valence-corrected chi connectivity index (χ4v) is 4.19. The van der Waals surface area contributed by atoms with Crippen molar-refractivity contribution in [1.29, 1.82) is 0 Å². The minimum Gasteiger partial charge on any atom is -0.310 e. The zero-order chi connectivity index (χ0) is 13.2. The van der Waals surface area contributed by atoms with Crippen LogP contribution in [0.1, 0.15) is 65.2 Å². The van der Waals surface area contributed by atoms with E-state index in [1.54, 1.807) is 0 Å². The van der Waals surface area contributed by atoms with E-state index in [0.29, 0.717) is 0 Å². The summed E-state index contributed by atoms with van der Waals surface area (Å²) in [5.41, 5.74) is 0. The topological polar surface area (TPSA) is 15.3 Å². The molecule has 1 saturated heterocycles. The molecule has 0 amide bonds. The van der Waals surface area contributed by atoms with Crippen molar-refractivity contribution in [1.82, 2.24) is 10.2 Å². The quantitative estimate of drug-likeness (QED) is 0.783. The van der Waals surface area contributed by atoms with Crippen LogP contribution in [0.25, 0.3) is 0 Å². The van der Waals surface area contributed by atoms with Crippen molar-refractivity contribution in [2.45, 2.75) is 83.3 Å². The number of hydrogen-bond acceptors (Lipinski definition) is 2. The SMILES string of the molecule is CC(C)C1CCCC(NC2CCN(C3CC3)C2)CC1. The van der Waals surface area contributed by atoms with E-state index in [2.05, 4.69) is 24.1 Å². The van der Waals surface area contributed by atoms with Gasteiger partial charge in [-0.05, 0) is 50.4 Å². The second kappa shape index (κ2) is 6.13. The lowest BCUT2D eigenvalue weighted by Crippen LogP contribution is -2.40. The Morgan fingerprint density at radius 3 is 2.47 bits per heavy atom. The maximum absolute atomic E-state index is 3.99. The van der Waals surface area contributed by atoms with E-state index < -0.39 is 0 Å². The zero-order valence-corrected chi connectivity index (χ0v) is 12.9. The maximum atomic E-state index is 3.99. The second-order valence-electron chi connectivity index (χ2n) is 7.59. The monoisotopic (exact) mass is 264 g/mol. The van der Waals surface area contributed by atoms with E-state index in [1.165, 1.54) is 64.5 Å². The third kappa shape index (κ3) is 3.72. The highest BCUT2D eigenvalue weighted by Gasteiger charge is 2.35. The molecule has 3 fully saturated rings. The Balaban J connectivity index is 1.42. The van der Waals surface area contributed by atoms with E-state index >= 15 is 0 Å². The average Bonchev–Trinajstić information content (AvgIpc) is 3.16. The molecule has 110 valence electrons. The first-order chi connectivity index (χ1) is 9.22. The summed E-state index contributed by atoms with van der Waals surface area (Å²) in [5, 5.41) is 3.99. The number of nitrogens with one attached hydrogen (secondary N) is 1. The van der Waals surface area contributed by atoms with Gasteiger partial charge in [0.05, 0.1) is 0 Å². The number of rotatable bonds is 4. The summed E-state index contributed by atoms with van der Waals surface area (Å²) >= 11 is 0. The number of hydrogen-bond donors (Lipinski definition) is 1. The van der Waals surface area contributed by atoms with Gasteiger partial charge in [0.15, 0.2) is 0 Å². The lowest BCUT2D eigenvalue weighted by atomic mass is 9.89. The van der Waals surface area contributed by atoms with Crippen molar-refractivity contribution in [3.63, 3.8) is 0 Å². The normalized spacial score (nSPS) is 37.7. The molecular weight excluding hydrogens is 232 g/mol. The Bertz CT molecular complexity index is 285. The first-order valence-corrected chi connectivity index (χ1v) is 8.72. The van der Waals surface area contributed by atoms with Gasteiger partial charge in [0, 0.05) is 31.2 Å². The van der Waals surface area contributed by atoms with E-state index in [0.717, 1.165) is 30.0 Å². The van der Waals surface area contributed by atoms with Crippen molar-refractivity contribution in [2.24, 2.45) is 11.8 Å². The molecule has 0 aromatic carbocycles. The van der Waals surface area contributed by atoms with E-state index in [1.807, 2.05) is 0 Å². The molecular formula is C17H32N2. The molecule has 0 aromatic rings. The Morgan fingerprint density at radius 1 is 0.895 bits per heavy atom. The van der Waals surface area contributed by atoms with Crippen LogP contribution in [0.2, 0.25) is 0 Å². The van der Waals surface area contributed by atoms with Crippen molar-refractivity contribution in [3.05, 3.63) is 0 Å². The van der Waals surface area contributed by atoms with Crippen molar-refractivity contribution in [3.8, 4) is 0 Å².